The predicted molar refractivity (Wildman–Crippen MR) is 61.7 cm³/mol. The highest BCUT2D eigenvalue weighted by Gasteiger charge is 2.18. The van der Waals surface area contributed by atoms with E-state index in [1.807, 2.05) is 0 Å². The number of nitrogen functional groups attached to an aromatic ring is 1. The lowest BCUT2D eigenvalue weighted by Gasteiger charge is -2.06. The molecule has 88 valence electrons. The third-order valence-corrected chi connectivity index (χ3v) is 3.81. The number of nitrogens with two attached hydrogens (primary N) is 1. The Bertz CT molecular complexity index is 509. The molecule has 0 atom stereocenters. The van der Waals surface area contributed by atoms with Crippen molar-refractivity contribution in [1.82, 2.24) is 5.32 Å². The monoisotopic (exact) mass is 242 g/mol. The number of rotatable bonds is 3. The third-order valence-electron chi connectivity index (χ3n) is 2.20. The molecule has 5 nitrogen and oxygen atoms in total. The Morgan fingerprint density at radius 2 is 2.06 bits per heavy atom. The van der Waals surface area contributed by atoms with Crippen molar-refractivity contribution in [3.8, 4) is 0 Å². The van der Waals surface area contributed by atoms with E-state index in [-0.39, 0.29) is 4.90 Å². The van der Waals surface area contributed by atoms with Crippen molar-refractivity contribution in [2.24, 2.45) is 0 Å². The van der Waals surface area contributed by atoms with Crippen LogP contribution in [0.5, 0.6) is 0 Å². The summed E-state index contributed by atoms with van der Waals surface area (Å²) in [4.78, 5) is 11.2. The van der Waals surface area contributed by atoms with Gasteiger partial charge in [0.05, 0.1) is 4.90 Å². The number of sulfone groups is 1. The molecule has 16 heavy (non-hydrogen) atoms. The van der Waals surface area contributed by atoms with Crippen molar-refractivity contribution >= 4 is 21.4 Å². The molecular weight excluding hydrogens is 228 g/mol. The number of amides is 1. The van der Waals surface area contributed by atoms with E-state index < -0.39 is 21.5 Å². The summed E-state index contributed by atoms with van der Waals surface area (Å²) < 4.78 is 23.5. The van der Waals surface area contributed by atoms with Crippen LogP contribution in [-0.2, 0) is 14.6 Å². The zero-order valence-corrected chi connectivity index (χ0v) is 9.97. The van der Waals surface area contributed by atoms with Gasteiger partial charge in [-0.1, -0.05) is 0 Å². The van der Waals surface area contributed by atoms with Crippen LogP contribution in [-0.4, -0.2) is 27.1 Å². The Morgan fingerprint density at radius 3 is 2.56 bits per heavy atom. The number of hydrogen-bond donors (Lipinski definition) is 2. The van der Waals surface area contributed by atoms with Gasteiger partial charge in [0, 0.05) is 12.7 Å². The zero-order chi connectivity index (χ0) is 12.3. The summed E-state index contributed by atoms with van der Waals surface area (Å²) in [6.07, 6.45) is 0. The molecule has 1 amide bonds. The van der Waals surface area contributed by atoms with E-state index in [0.29, 0.717) is 11.3 Å². The van der Waals surface area contributed by atoms with Gasteiger partial charge in [0.15, 0.2) is 9.84 Å². The van der Waals surface area contributed by atoms with Gasteiger partial charge in [0.1, 0.15) is 5.75 Å². The van der Waals surface area contributed by atoms with Gasteiger partial charge < -0.3 is 11.1 Å². The quantitative estimate of drug-likeness (QED) is 0.735. The molecule has 0 unspecified atom stereocenters. The lowest BCUT2D eigenvalue weighted by Crippen LogP contribution is -2.27. The van der Waals surface area contributed by atoms with Crippen LogP contribution in [0.3, 0.4) is 0 Å². The predicted octanol–water partition coefficient (Wildman–Crippen LogP) is 0.0969. The normalized spacial score (nSPS) is 11.1. The summed E-state index contributed by atoms with van der Waals surface area (Å²) in [7, 11) is -2.18. The first kappa shape index (κ1) is 12.5. The molecule has 0 spiro atoms. The number of nitrogens with one attached hydrogen (secondary N) is 1. The molecule has 0 radical (unpaired) electrons. The fraction of sp³-hybridized carbons (Fsp3) is 0.300. The Hall–Kier alpha value is -1.56. The minimum atomic E-state index is -3.58. The number of aryl methyl sites for hydroxylation is 1. The molecule has 0 fully saturated rings. The largest absolute Gasteiger partial charge is 0.399 e. The summed E-state index contributed by atoms with van der Waals surface area (Å²) in [5.41, 5.74) is 6.79. The molecule has 1 aromatic rings. The molecule has 0 aliphatic carbocycles. The van der Waals surface area contributed by atoms with E-state index in [9.17, 15) is 13.2 Å². The molecule has 0 bridgehead atoms. The molecule has 0 saturated carbocycles. The number of hydrogen-bond acceptors (Lipinski definition) is 4. The van der Waals surface area contributed by atoms with Gasteiger partial charge in [-0.05, 0) is 30.7 Å². The van der Waals surface area contributed by atoms with Crippen LogP contribution in [0.4, 0.5) is 5.69 Å². The molecule has 0 aliphatic heterocycles. The summed E-state index contributed by atoms with van der Waals surface area (Å²) in [5.74, 6) is -1.08. The fourth-order valence-electron chi connectivity index (χ4n) is 1.17. The van der Waals surface area contributed by atoms with Gasteiger partial charge >= 0.3 is 0 Å². The minimum Gasteiger partial charge on any atom is -0.399 e. The Kier molecular flexibility index (Phi) is 3.54. The average Bonchev–Trinajstić information content (AvgIpc) is 2.21. The summed E-state index contributed by atoms with van der Waals surface area (Å²) >= 11 is 0. The fourth-order valence-corrected chi connectivity index (χ4v) is 2.46. The summed E-state index contributed by atoms with van der Waals surface area (Å²) in [6.45, 7) is 1.72. The molecule has 0 aromatic heterocycles. The van der Waals surface area contributed by atoms with Crippen LogP contribution in [0.1, 0.15) is 5.56 Å². The molecule has 0 heterocycles. The Labute approximate surface area is 94.6 Å². The van der Waals surface area contributed by atoms with Gasteiger partial charge in [0.25, 0.3) is 0 Å². The second-order valence-electron chi connectivity index (χ2n) is 3.45. The second-order valence-corrected chi connectivity index (χ2v) is 5.44. The molecule has 0 saturated heterocycles. The highest BCUT2D eigenvalue weighted by Crippen LogP contribution is 2.17. The summed E-state index contributed by atoms with van der Waals surface area (Å²) in [6, 6.07) is 4.39. The molecule has 0 aliphatic rings. The molecule has 1 rings (SSSR count). The second kappa shape index (κ2) is 4.52. The van der Waals surface area contributed by atoms with E-state index in [1.54, 1.807) is 6.92 Å². The van der Waals surface area contributed by atoms with Gasteiger partial charge in [-0.3, -0.25) is 4.79 Å². The molecule has 6 heteroatoms. The first-order valence-electron chi connectivity index (χ1n) is 4.66. The van der Waals surface area contributed by atoms with Crippen molar-refractivity contribution < 1.29 is 13.2 Å². The Morgan fingerprint density at radius 1 is 1.44 bits per heavy atom. The third kappa shape index (κ3) is 2.73. The number of benzene rings is 1. The first-order valence-corrected chi connectivity index (χ1v) is 6.31. The van der Waals surface area contributed by atoms with Gasteiger partial charge in [-0.2, -0.15) is 0 Å². The minimum absolute atomic E-state index is 0.114. The lowest BCUT2D eigenvalue weighted by molar-refractivity contribution is -0.118. The van der Waals surface area contributed by atoms with E-state index in [2.05, 4.69) is 5.32 Å². The number of carbonyl (C=O) groups excluding carboxylic acids is 1. The van der Waals surface area contributed by atoms with Crippen molar-refractivity contribution in [2.75, 3.05) is 18.5 Å². The van der Waals surface area contributed by atoms with Gasteiger partial charge in [-0.25, -0.2) is 8.42 Å². The van der Waals surface area contributed by atoms with Crippen LogP contribution in [0.2, 0.25) is 0 Å². The van der Waals surface area contributed by atoms with Crippen molar-refractivity contribution in [2.45, 2.75) is 11.8 Å². The van der Waals surface area contributed by atoms with Crippen LogP contribution in [0.25, 0.3) is 0 Å². The highest BCUT2D eigenvalue weighted by atomic mass is 32.2. The topological polar surface area (TPSA) is 89.3 Å². The Balaban J connectivity index is 3.08. The number of carbonyl (C=O) groups is 1. The van der Waals surface area contributed by atoms with Gasteiger partial charge in [0.2, 0.25) is 5.91 Å². The van der Waals surface area contributed by atoms with Crippen molar-refractivity contribution in [3.63, 3.8) is 0 Å². The highest BCUT2D eigenvalue weighted by molar-refractivity contribution is 7.92. The first-order chi connectivity index (χ1) is 7.36. The van der Waals surface area contributed by atoms with Crippen LogP contribution in [0, 0.1) is 6.92 Å². The lowest BCUT2D eigenvalue weighted by atomic mass is 10.2. The van der Waals surface area contributed by atoms with Crippen LogP contribution in [0.15, 0.2) is 23.1 Å². The molecule has 1 aromatic carbocycles. The number of anilines is 1. The maximum atomic E-state index is 11.8. The average molecular weight is 242 g/mol. The van der Waals surface area contributed by atoms with E-state index >= 15 is 0 Å². The van der Waals surface area contributed by atoms with Crippen LogP contribution >= 0.6 is 0 Å². The maximum Gasteiger partial charge on any atom is 0.235 e. The van der Waals surface area contributed by atoms with E-state index in [0.717, 1.165) is 0 Å². The smallest absolute Gasteiger partial charge is 0.235 e. The van der Waals surface area contributed by atoms with Crippen molar-refractivity contribution in [1.29, 1.82) is 0 Å². The van der Waals surface area contributed by atoms with Crippen LogP contribution < -0.4 is 11.1 Å². The molecule has 3 N–H and O–H groups in total. The van der Waals surface area contributed by atoms with E-state index in [1.165, 1.54) is 25.2 Å². The maximum absolute atomic E-state index is 11.8. The standard InChI is InChI=1S/C10H14N2O3S/c1-7-5-8(3-4-9(7)11)16(14,15)6-10(13)12-2/h3-5H,6,11H2,1-2H3,(H,12,13). The van der Waals surface area contributed by atoms with Crippen molar-refractivity contribution in [3.05, 3.63) is 23.8 Å². The zero-order valence-electron chi connectivity index (χ0n) is 9.15. The SMILES string of the molecule is CNC(=O)CS(=O)(=O)c1ccc(N)c(C)c1. The summed E-state index contributed by atoms with van der Waals surface area (Å²) in [5, 5.41) is 2.27. The van der Waals surface area contributed by atoms with E-state index in [4.69, 9.17) is 5.73 Å². The van der Waals surface area contributed by atoms with Gasteiger partial charge in [-0.15, -0.1) is 0 Å². The molecular formula is C10H14N2O3S.